The molecule has 0 aromatic heterocycles. The van der Waals surface area contributed by atoms with Crippen LogP contribution in [0, 0.1) is 0 Å². The van der Waals surface area contributed by atoms with Crippen molar-refractivity contribution in [1.82, 2.24) is 0 Å². The Morgan fingerprint density at radius 1 is 1.00 bits per heavy atom. The molecule has 0 aliphatic carbocycles. The second kappa shape index (κ2) is 8.57. The third-order valence-corrected chi connectivity index (χ3v) is 2.99. The SMILES string of the molecule is CCOc1ccccc1NC(=O)COc1cccc(NC(C)=O)c1. The molecular formula is C18H20N2O4. The summed E-state index contributed by atoms with van der Waals surface area (Å²) < 4.78 is 10.9. The Bertz CT molecular complexity index is 716. The lowest BCUT2D eigenvalue weighted by molar-refractivity contribution is -0.118. The molecule has 0 spiro atoms. The van der Waals surface area contributed by atoms with Gasteiger partial charge in [0.05, 0.1) is 12.3 Å². The third-order valence-electron chi connectivity index (χ3n) is 2.99. The van der Waals surface area contributed by atoms with Gasteiger partial charge in [-0.05, 0) is 31.2 Å². The van der Waals surface area contributed by atoms with E-state index >= 15 is 0 Å². The van der Waals surface area contributed by atoms with Crippen LogP contribution >= 0.6 is 0 Å². The van der Waals surface area contributed by atoms with Crippen LogP contribution in [0.2, 0.25) is 0 Å². The molecule has 0 heterocycles. The smallest absolute Gasteiger partial charge is 0.262 e. The van der Waals surface area contributed by atoms with Crippen LogP contribution in [0.3, 0.4) is 0 Å². The number of rotatable bonds is 7. The predicted molar refractivity (Wildman–Crippen MR) is 92.5 cm³/mol. The fourth-order valence-electron chi connectivity index (χ4n) is 2.05. The topological polar surface area (TPSA) is 76.7 Å². The molecule has 0 bridgehead atoms. The van der Waals surface area contributed by atoms with Crippen LogP contribution in [0.15, 0.2) is 48.5 Å². The first-order valence-corrected chi connectivity index (χ1v) is 7.60. The fourth-order valence-corrected chi connectivity index (χ4v) is 2.05. The predicted octanol–water partition coefficient (Wildman–Crippen LogP) is 3.06. The van der Waals surface area contributed by atoms with Gasteiger partial charge in [-0.25, -0.2) is 0 Å². The van der Waals surface area contributed by atoms with Crippen molar-refractivity contribution in [3.8, 4) is 11.5 Å². The van der Waals surface area contributed by atoms with E-state index in [0.29, 0.717) is 29.5 Å². The molecule has 24 heavy (non-hydrogen) atoms. The lowest BCUT2D eigenvalue weighted by Crippen LogP contribution is -2.20. The molecule has 2 rings (SSSR count). The number of benzene rings is 2. The first-order chi connectivity index (χ1) is 11.6. The van der Waals surface area contributed by atoms with E-state index in [1.54, 1.807) is 36.4 Å². The summed E-state index contributed by atoms with van der Waals surface area (Å²) in [7, 11) is 0. The van der Waals surface area contributed by atoms with E-state index in [1.165, 1.54) is 6.92 Å². The minimum atomic E-state index is -0.299. The van der Waals surface area contributed by atoms with Crippen molar-refractivity contribution in [1.29, 1.82) is 0 Å². The highest BCUT2D eigenvalue weighted by molar-refractivity contribution is 5.93. The quantitative estimate of drug-likeness (QED) is 0.819. The molecule has 2 aromatic carbocycles. The summed E-state index contributed by atoms with van der Waals surface area (Å²) in [4.78, 5) is 23.1. The number of carbonyl (C=O) groups is 2. The highest BCUT2D eigenvalue weighted by atomic mass is 16.5. The summed E-state index contributed by atoms with van der Waals surface area (Å²) in [6.45, 7) is 3.67. The Morgan fingerprint density at radius 3 is 2.54 bits per heavy atom. The van der Waals surface area contributed by atoms with E-state index in [0.717, 1.165) is 0 Å². The minimum Gasteiger partial charge on any atom is -0.492 e. The standard InChI is InChI=1S/C18H20N2O4/c1-3-23-17-10-5-4-9-16(17)20-18(22)12-24-15-8-6-7-14(11-15)19-13(2)21/h4-11H,3,12H2,1-2H3,(H,19,21)(H,20,22). The molecule has 2 aromatic rings. The average Bonchev–Trinajstić information content (AvgIpc) is 2.55. The van der Waals surface area contributed by atoms with Gasteiger partial charge < -0.3 is 20.1 Å². The lowest BCUT2D eigenvalue weighted by atomic mass is 10.3. The molecule has 6 heteroatoms. The summed E-state index contributed by atoms with van der Waals surface area (Å²) in [6, 6.07) is 14.1. The zero-order valence-corrected chi connectivity index (χ0v) is 13.7. The first kappa shape index (κ1) is 17.3. The van der Waals surface area contributed by atoms with E-state index in [1.807, 2.05) is 19.1 Å². The average molecular weight is 328 g/mol. The van der Waals surface area contributed by atoms with E-state index in [4.69, 9.17) is 9.47 Å². The molecule has 6 nitrogen and oxygen atoms in total. The van der Waals surface area contributed by atoms with Crippen molar-refractivity contribution < 1.29 is 19.1 Å². The maximum absolute atomic E-state index is 12.0. The summed E-state index contributed by atoms with van der Waals surface area (Å²) in [5, 5.41) is 5.41. The Balaban J connectivity index is 1.93. The highest BCUT2D eigenvalue weighted by Crippen LogP contribution is 2.23. The monoisotopic (exact) mass is 328 g/mol. The zero-order valence-electron chi connectivity index (χ0n) is 13.7. The Hall–Kier alpha value is -3.02. The second-order valence-corrected chi connectivity index (χ2v) is 4.98. The molecule has 2 amide bonds. The van der Waals surface area contributed by atoms with Gasteiger partial charge in [0.1, 0.15) is 11.5 Å². The number of carbonyl (C=O) groups excluding carboxylic acids is 2. The van der Waals surface area contributed by atoms with E-state index in [-0.39, 0.29) is 18.4 Å². The van der Waals surface area contributed by atoms with Crippen molar-refractivity contribution in [3.05, 3.63) is 48.5 Å². The molecule has 2 N–H and O–H groups in total. The summed E-state index contributed by atoms with van der Waals surface area (Å²) >= 11 is 0. The summed E-state index contributed by atoms with van der Waals surface area (Å²) in [5.41, 5.74) is 1.21. The lowest BCUT2D eigenvalue weighted by Gasteiger charge is -2.12. The number of hydrogen-bond donors (Lipinski definition) is 2. The molecule has 0 atom stereocenters. The summed E-state index contributed by atoms with van der Waals surface area (Å²) in [5.74, 6) is 0.639. The molecule has 0 saturated heterocycles. The number of para-hydroxylation sites is 2. The van der Waals surface area contributed by atoms with Crippen LogP contribution in [-0.4, -0.2) is 25.0 Å². The highest BCUT2D eigenvalue weighted by Gasteiger charge is 2.08. The van der Waals surface area contributed by atoms with Gasteiger partial charge in [0.15, 0.2) is 6.61 Å². The van der Waals surface area contributed by atoms with Crippen LogP contribution < -0.4 is 20.1 Å². The van der Waals surface area contributed by atoms with Gasteiger partial charge in [-0.1, -0.05) is 18.2 Å². The maximum Gasteiger partial charge on any atom is 0.262 e. The van der Waals surface area contributed by atoms with Crippen LogP contribution in [0.4, 0.5) is 11.4 Å². The Morgan fingerprint density at radius 2 is 1.79 bits per heavy atom. The minimum absolute atomic E-state index is 0.149. The van der Waals surface area contributed by atoms with Gasteiger partial charge >= 0.3 is 0 Å². The third kappa shape index (κ3) is 5.31. The number of hydrogen-bond acceptors (Lipinski definition) is 4. The molecular weight excluding hydrogens is 308 g/mol. The first-order valence-electron chi connectivity index (χ1n) is 7.60. The van der Waals surface area contributed by atoms with Crippen LogP contribution in [-0.2, 0) is 9.59 Å². The van der Waals surface area contributed by atoms with E-state index < -0.39 is 0 Å². The molecule has 126 valence electrons. The molecule has 0 radical (unpaired) electrons. The van der Waals surface area contributed by atoms with Gasteiger partial charge in [0.25, 0.3) is 5.91 Å². The number of nitrogens with one attached hydrogen (secondary N) is 2. The Kier molecular flexibility index (Phi) is 6.19. The van der Waals surface area contributed by atoms with E-state index in [2.05, 4.69) is 10.6 Å². The molecule has 0 aliphatic rings. The molecule has 0 saturated carbocycles. The van der Waals surface area contributed by atoms with Gasteiger partial charge in [-0.3, -0.25) is 9.59 Å². The summed E-state index contributed by atoms with van der Waals surface area (Å²) in [6.07, 6.45) is 0. The Labute approximate surface area is 140 Å². The van der Waals surface area contributed by atoms with Gasteiger partial charge in [-0.15, -0.1) is 0 Å². The number of amides is 2. The second-order valence-electron chi connectivity index (χ2n) is 4.98. The molecule has 0 fully saturated rings. The maximum atomic E-state index is 12.0. The van der Waals surface area contributed by atoms with Crippen molar-refractivity contribution in [2.75, 3.05) is 23.8 Å². The normalized spacial score (nSPS) is 9.92. The number of anilines is 2. The zero-order chi connectivity index (χ0) is 17.4. The van der Waals surface area contributed by atoms with E-state index in [9.17, 15) is 9.59 Å². The van der Waals surface area contributed by atoms with Gasteiger partial charge in [0, 0.05) is 18.7 Å². The van der Waals surface area contributed by atoms with Gasteiger partial charge in [0.2, 0.25) is 5.91 Å². The van der Waals surface area contributed by atoms with Crippen molar-refractivity contribution in [2.45, 2.75) is 13.8 Å². The van der Waals surface area contributed by atoms with Crippen molar-refractivity contribution in [3.63, 3.8) is 0 Å². The largest absolute Gasteiger partial charge is 0.492 e. The van der Waals surface area contributed by atoms with Crippen LogP contribution in [0.1, 0.15) is 13.8 Å². The van der Waals surface area contributed by atoms with Gasteiger partial charge in [-0.2, -0.15) is 0 Å². The fraction of sp³-hybridized carbons (Fsp3) is 0.222. The number of ether oxygens (including phenoxy) is 2. The van der Waals surface area contributed by atoms with Crippen LogP contribution in [0.25, 0.3) is 0 Å². The molecule has 0 unspecified atom stereocenters. The van der Waals surface area contributed by atoms with Crippen molar-refractivity contribution >= 4 is 23.2 Å². The van der Waals surface area contributed by atoms with Crippen molar-refractivity contribution in [2.24, 2.45) is 0 Å². The van der Waals surface area contributed by atoms with Crippen LogP contribution in [0.5, 0.6) is 11.5 Å². The molecule has 0 aliphatic heterocycles.